The van der Waals surface area contributed by atoms with Crippen molar-refractivity contribution in [3.05, 3.63) is 48.0 Å². The van der Waals surface area contributed by atoms with Crippen molar-refractivity contribution in [3.8, 4) is 0 Å². The predicted octanol–water partition coefficient (Wildman–Crippen LogP) is 4.16. The summed E-state index contributed by atoms with van der Waals surface area (Å²) in [6.45, 7) is 4.22. The van der Waals surface area contributed by atoms with Crippen molar-refractivity contribution >= 4 is 40.6 Å². The number of nitrogens with zero attached hydrogens (tertiary/aromatic N) is 2. The summed E-state index contributed by atoms with van der Waals surface area (Å²) in [6, 6.07) is 14.0. The zero-order chi connectivity index (χ0) is 19.3. The molecule has 5 rings (SSSR count). The zero-order valence-corrected chi connectivity index (χ0v) is 16.7. The van der Waals surface area contributed by atoms with Gasteiger partial charge in [-0.05, 0) is 62.1 Å². The summed E-state index contributed by atoms with van der Waals surface area (Å²) in [4.78, 5) is 30.2. The fourth-order valence-electron chi connectivity index (χ4n) is 4.48. The van der Waals surface area contributed by atoms with Gasteiger partial charge in [-0.25, -0.2) is 0 Å². The minimum Gasteiger partial charge on any atom is -0.372 e. The maximum atomic E-state index is 13.4. The van der Waals surface area contributed by atoms with Gasteiger partial charge in [0.1, 0.15) is 0 Å². The highest BCUT2D eigenvalue weighted by molar-refractivity contribution is 8.02. The van der Waals surface area contributed by atoms with Gasteiger partial charge in [0.2, 0.25) is 5.91 Å². The summed E-state index contributed by atoms with van der Waals surface area (Å²) < 4.78 is 0. The lowest BCUT2D eigenvalue weighted by Gasteiger charge is -2.30. The van der Waals surface area contributed by atoms with Gasteiger partial charge in [0.25, 0.3) is 5.91 Å². The van der Waals surface area contributed by atoms with Crippen molar-refractivity contribution in [3.63, 3.8) is 0 Å². The molecule has 0 aromatic heterocycles. The molecule has 1 unspecified atom stereocenters. The Hall–Kier alpha value is -2.47. The van der Waals surface area contributed by atoms with Gasteiger partial charge in [0, 0.05) is 35.8 Å². The van der Waals surface area contributed by atoms with Crippen LogP contribution in [0.4, 0.5) is 17.1 Å². The lowest BCUT2D eigenvalue weighted by atomic mass is 10.1. The number of thioether (sulfide) groups is 1. The standard InChI is InChI=1S/C22H23N3O2S/c1-15-14-16(24-12-4-5-13-24)8-9-17(15)23-21(27)22-11-10-20(26)25(22)18-6-2-3-7-19(18)28-22/h2-3,6-9,14H,4-5,10-13H2,1H3,(H,23,27). The first-order valence-electron chi connectivity index (χ1n) is 9.87. The number of para-hydroxylation sites is 1. The molecule has 3 heterocycles. The first-order valence-corrected chi connectivity index (χ1v) is 10.7. The van der Waals surface area contributed by atoms with Gasteiger partial charge in [-0.3, -0.25) is 14.5 Å². The molecule has 2 amide bonds. The van der Waals surface area contributed by atoms with Gasteiger partial charge in [0.15, 0.2) is 4.87 Å². The summed E-state index contributed by atoms with van der Waals surface area (Å²) >= 11 is 1.50. The van der Waals surface area contributed by atoms with Crippen LogP contribution in [-0.2, 0) is 9.59 Å². The number of nitrogens with one attached hydrogen (secondary N) is 1. The van der Waals surface area contributed by atoms with Gasteiger partial charge in [-0.1, -0.05) is 23.9 Å². The Balaban J connectivity index is 1.42. The number of hydrogen-bond donors (Lipinski definition) is 1. The van der Waals surface area contributed by atoms with E-state index in [9.17, 15) is 9.59 Å². The fourth-order valence-corrected chi connectivity index (χ4v) is 5.89. The number of carbonyl (C=O) groups excluding carboxylic acids is 2. The molecule has 2 saturated heterocycles. The van der Waals surface area contributed by atoms with Crippen LogP contribution in [0.1, 0.15) is 31.2 Å². The summed E-state index contributed by atoms with van der Waals surface area (Å²) in [5.74, 6) is -0.0923. The summed E-state index contributed by atoms with van der Waals surface area (Å²) in [6.07, 6.45) is 3.41. The number of aryl methyl sites for hydroxylation is 1. The number of anilines is 3. The number of rotatable bonds is 3. The summed E-state index contributed by atoms with van der Waals surface area (Å²) in [7, 11) is 0. The molecule has 3 aliphatic heterocycles. The Morgan fingerprint density at radius 3 is 2.71 bits per heavy atom. The van der Waals surface area contributed by atoms with E-state index in [4.69, 9.17) is 0 Å². The van der Waals surface area contributed by atoms with E-state index in [0.29, 0.717) is 12.8 Å². The van der Waals surface area contributed by atoms with Gasteiger partial charge in [-0.15, -0.1) is 0 Å². The van der Waals surface area contributed by atoms with Crippen LogP contribution >= 0.6 is 11.8 Å². The molecule has 0 aliphatic carbocycles. The predicted molar refractivity (Wildman–Crippen MR) is 113 cm³/mol. The highest BCUT2D eigenvalue weighted by Crippen LogP contribution is 2.56. The van der Waals surface area contributed by atoms with Gasteiger partial charge in [-0.2, -0.15) is 0 Å². The quantitative estimate of drug-likeness (QED) is 0.851. The topological polar surface area (TPSA) is 52.7 Å². The Bertz CT molecular complexity index is 970. The van der Waals surface area contributed by atoms with Crippen LogP contribution in [0, 0.1) is 6.92 Å². The summed E-state index contributed by atoms with van der Waals surface area (Å²) in [5.41, 5.74) is 3.93. The molecule has 0 saturated carbocycles. The van der Waals surface area contributed by atoms with E-state index >= 15 is 0 Å². The van der Waals surface area contributed by atoms with E-state index in [1.165, 1.54) is 30.3 Å². The van der Waals surface area contributed by atoms with Crippen molar-refractivity contribution < 1.29 is 9.59 Å². The van der Waals surface area contributed by atoms with Crippen molar-refractivity contribution in [2.45, 2.75) is 42.4 Å². The number of benzene rings is 2. The molecule has 6 heteroatoms. The third kappa shape index (κ3) is 2.62. The molecule has 144 valence electrons. The largest absolute Gasteiger partial charge is 0.372 e. The van der Waals surface area contributed by atoms with Crippen molar-refractivity contribution in [1.82, 2.24) is 0 Å². The maximum Gasteiger partial charge on any atom is 0.261 e. The highest BCUT2D eigenvalue weighted by Gasteiger charge is 2.57. The second kappa shape index (κ2) is 6.55. The molecule has 5 nitrogen and oxygen atoms in total. The van der Waals surface area contributed by atoms with Gasteiger partial charge < -0.3 is 10.2 Å². The lowest BCUT2D eigenvalue weighted by molar-refractivity contribution is -0.121. The zero-order valence-electron chi connectivity index (χ0n) is 15.9. The highest BCUT2D eigenvalue weighted by atomic mass is 32.2. The van der Waals surface area contributed by atoms with E-state index < -0.39 is 4.87 Å². The first-order chi connectivity index (χ1) is 13.6. The Labute approximate surface area is 169 Å². The van der Waals surface area contributed by atoms with Crippen molar-refractivity contribution in [2.75, 3.05) is 28.2 Å². The number of carbonyl (C=O) groups is 2. The SMILES string of the molecule is Cc1cc(N2CCCC2)ccc1NC(=O)C12CCC(=O)N1c1ccccc1S2. The monoisotopic (exact) mass is 393 g/mol. The van der Waals surface area contributed by atoms with E-state index in [2.05, 4.69) is 22.3 Å². The average molecular weight is 394 g/mol. The molecule has 3 aliphatic rings. The van der Waals surface area contributed by atoms with Crippen LogP contribution in [0.15, 0.2) is 47.4 Å². The second-order valence-electron chi connectivity index (χ2n) is 7.73. The molecule has 1 atom stereocenters. The molecule has 0 bridgehead atoms. The molecule has 2 fully saturated rings. The minimum absolute atomic E-state index is 0.0219. The molecule has 28 heavy (non-hydrogen) atoms. The molecule has 0 spiro atoms. The minimum atomic E-state index is -0.874. The van der Waals surface area contributed by atoms with Crippen LogP contribution in [0.3, 0.4) is 0 Å². The van der Waals surface area contributed by atoms with Crippen LogP contribution in [0.5, 0.6) is 0 Å². The van der Waals surface area contributed by atoms with Gasteiger partial charge in [0.05, 0.1) is 5.69 Å². The fraction of sp³-hybridized carbons (Fsp3) is 0.364. The third-order valence-corrected chi connectivity index (χ3v) is 7.43. The molecular formula is C22H23N3O2S. The normalized spacial score (nSPS) is 23.1. The first kappa shape index (κ1) is 17.6. The third-order valence-electron chi connectivity index (χ3n) is 5.96. The second-order valence-corrected chi connectivity index (χ2v) is 9.05. The van der Waals surface area contributed by atoms with Crippen molar-refractivity contribution in [1.29, 1.82) is 0 Å². The number of hydrogen-bond acceptors (Lipinski definition) is 4. The van der Waals surface area contributed by atoms with E-state index in [0.717, 1.165) is 34.9 Å². The number of amides is 2. The Morgan fingerprint density at radius 2 is 1.93 bits per heavy atom. The number of fused-ring (bicyclic) bond motifs is 3. The Kier molecular flexibility index (Phi) is 4.12. The average Bonchev–Trinajstić information content (AvgIpc) is 3.40. The maximum absolute atomic E-state index is 13.4. The molecule has 2 aromatic rings. The van der Waals surface area contributed by atoms with Crippen LogP contribution in [-0.4, -0.2) is 29.8 Å². The Morgan fingerprint density at radius 1 is 1.14 bits per heavy atom. The smallest absolute Gasteiger partial charge is 0.261 e. The summed E-state index contributed by atoms with van der Waals surface area (Å²) in [5, 5.41) is 3.12. The van der Waals surface area contributed by atoms with E-state index in [-0.39, 0.29) is 11.8 Å². The molecule has 1 N–H and O–H groups in total. The van der Waals surface area contributed by atoms with Crippen LogP contribution in [0.2, 0.25) is 0 Å². The van der Waals surface area contributed by atoms with Crippen LogP contribution in [0.25, 0.3) is 0 Å². The lowest BCUT2D eigenvalue weighted by Crippen LogP contribution is -2.49. The van der Waals surface area contributed by atoms with E-state index in [1.54, 1.807) is 4.90 Å². The molecule has 0 radical (unpaired) electrons. The van der Waals surface area contributed by atoms with E-state index in [1.807, 2.05) is 37.3 Å². The molecule has 2 aromatic carbocycles. The van der Waals surface area contributed by atoms with Crippen molar-refractivity contribution in [2.24, 2.45) is 0 Å². The van der Waals surface area contributed by atoms with Gasteiger partial charge >= 0.3 is 0 Å². The van der Waals surface area contributed by atoms with Crippen LogP contribution < -0.4 is 15.1 Å². The molecular weight excluding hydrogens is 370 g/mol.